The first-order valence-electron chi connectivity index (χ1n) is 13.7. The van der Waals surface area contributed by atoms with Crippen LogP contribution in [-0.4, -0.2) is 16.2 Å². The van der Waals surface area contributed by atoms with Gasteiger partial charge < -0.3 is 10.8 Å². The second-order valence-corrected chi connectivity index (χ2v) is 12.4. The van der Waals surface area contributed by atoms with E-state index in [4.69, 9.17) is 10.7 Å². The third-order valence-electron chi connectivity index (χ3n) is 10.8. The molecule has 0 unspecified atom stereocenters. The molecule has 0 saturated heterocycles. The summed E-state index contributed by atoms with van der Waals surface area (Å²) in [4.78, 5) is 4.71. The Morgan fingerprint density at radius 2 is 1.86 bits per heavy atom. The number of aliphatic hydroxyl groups is 1. The van der Waals surface area contributed by atoms with Gasteiger partial charge in [-0.15, -0.1) is 0 Å². The molecule has 2 aromatic rings. The third-order valence-corrected chi connectivity index (χ3v) is 10.8. The van der Waals surface area contributed by atoms with E-state index < -0.39 is 11.6 Å². The highest BCUT2D eigenvalue weighted by Crippen LogP contribution is 2.68. The number of fused-ring (bicyclic) bond motifs is 5. The number of allylic oxidation sites excluding steroid dienone is 1. The molecule has 1 aromatic heterocycles. The Morgan fingerprint density at radius 3 is 2.62 bits per heavy atom. The lowest BCUT2D eigenvalue weighted by Gasteiger charge is -2.58. The number of benzene rings is 1. The molecule has 0 bridgehead atoms. The Balaban J connectivity index is 1.37. The summed E-state index contributed by atoms with van der Waals surface area (Å²) in [6.45, 7) is 4.83. The molecular formula is C31H35F2N3O. The van der Waals surface area contributed by atoms with Gasteiger partial charge in [0.15, 0.2) is 0 Å². The Morgan fingerprint density at radius 1 is 1.05 bits per heavy atom. The van der Waals surface area contributed by atoms with Crippen LogP contribution in [0.15, 0.2) is 35.9 Å². The zero-order valence-corrected chi connectivity index (χ0v) is 21.6. The fraction of sp³-hybridized carbons (Fsp3) is 0.548. The van der Waals surface area contributed by atoms with Crippen LogP contribution in [-0.2, 0) is 0 Å². The van der Waals surface area contributed by atoms with E-state index in [0.717, 1.165) is 63.1 Å². The van der Waals surface area contributed by atoms with Gasteiger partial charge >= 0.3 is 0 Å². The lowest BCUT2D eigenvalue weighted by Crippen LogP contribution is -2.50. The quantitative estimate of drug-likeness (QED) is 0.437. The summed E-state index contributed by atoms with van der Waals surface area (Å²) in [5.41, 5.74) is 9.50. The molecule has 3 N–H and O–H groups in total. The minimum absolute atomic E-state index is 0.0449. The Bertz CT molecular complexity index is 1330. The van der Waals surface area contributed by atoms with Gasteiger partial charge in [-0.05, 0) is 98.1 Å². The van der Waals surface area contributed by atoms with Gasteiger partial charge in [-0.2, -0.15) is 5.26 Å². The topological polar surface area (TPSA) is 82.9 Å². The average molecular weight is 504 g/mol. The fourth-order valence-corrected chi connectivity index (χ4v) is 8.93. The van der Waals surface area contributed by atoms with E-state index in [1.165, 1.54) is 17.7 Å². The van der Waals surface area contributed by atoms with Crippen molar-refractivity contribution in [3.8, 4) is 17.2 Å². The molecule has 4 aliphatic rings. The molecule has 6 rings (SSSR count). The van der Waals surface area contributed by atoms with Crippen LogP contribution in [0, 0.1) is 51.5 Å². The Kier molecular flexibility index (Phi) is 5.73. The SMILES string of the molecule is C[C@]12CC[C@H]3[C@@H](CC=C4C[C@@H](O)CC[C@@]43C)[C@@H]1CC[C@@H]2c1cc(-c2ccc(F)cc2F)c(C#N)c(N)n1. The summed E-state index contributed by atoms with van der Waals surface area (Å²) >= 11 is 0. The van der Waals surface area contributed by atoms with Crippen molar-refractivity contribution in [3.05, 3.63) is 58.8 Å². The second kappa shape index (κ2) is 8.63. The van der Waals surface area contributed by atoms with Gasteiger partial charge in [0.2, 0.25) is 0 Å². The number of nitriles is 1. The molecule has 0 radical (unpaired) electrons. The summed E-state index contributed by atoms with van der Waals surface area (Å²) in [6, 6.07) is 7.35. The smallest absolute Gasteiger partial charge is 0.142 e. The van der Waals surface area contributed by atoms with Crippen molar-refractivity contribution >= 4 is 5.82 Å². The predicted octanol–water partition coefficient (Wildman–Crippen LogP) is 6.89. The highest BCUT2D eigenvalue weighted by molar-refractivity contribution is 5.76. The van der Waals surface area contributed by atoms with Crippen LogP contribution >= 0.6 is 0 Å². The van der Waals surface area contributed by atoms with Crippen molar-refractivity contribution in [2.75, 3.05) is 5.73 Å². The van der Waals surface area contributed by atoms with Gasteiger partial charge in [-0.25, -0.2) is 13.8 Å². The highest BCUT2D eigenvalue weighted by atomic mass is 19.1. The van der Waals surface area contributed by atoms with E-state index in [-0.39, 0.29) is 39.8 Å². The van der Waals surface area contributed by atoms with Crippen molar-refractivity contribution in [1.82, 2.24) is 4.98 Å². The standard InChI is InChI=1S/C31H35F2N3O/c1-30-11-9-19(37)13-17(30)3-5-21-24-7-8-26(31(24,2)12-10-25(21)30)28-15-22(23(16-34)29(35)36-28)20-6-4-18(32)14-27(20)33/h3-4,6,14-15,19,21,24-26,37H,5,7-13H2,1-2H3,(H2,35,36)/t19-,21-,24-,25-,26+,30-,31-/m0/s1. The zero-order chi connectivity index (χ0) is 26.1. The maximum Gasteiger partial charge on any atom is 0.142 e. The number of halogens is 2. The molecule has 1 aromatic carbocycles. The molecule has 194 valence electrons. The van der Waals surface area contributed by atoms with E-state index in [1.54, 1.807) is 0 Å². The van der Waals surface area contributed by atoms with Crippen molar-refractivity contribution in [2.45, 2.75) is 77.2 Å². The number of nitrogens with two attached hydrogens (primary N) is 1. The lowest BCUT2D eigenvalue weighted by molar-refractivity contribution is -0.0412. The molecule has 4 nitrogen and oxygen atoms in total. The number of anilines is 1. The summed E-state index contributed by atoms with van der Waals surface area (Å²) in [5, 5.41) is 20.1. The van der Waals surface area contributed by atoms with Crippen LogP contribution in [0.3, 0.4) is 0 Å². The first-order chi connectivity index (χ1) is 17.7. The van der Waals surface area contributed by atoms with E-state index in [0.29, 0.717) is 23.3 Å². The van der Waals surface area contributed by atoms with Crippen molar-refractivity contribution in [2.24, 2.45) is 28.6 Å². The summed E-state index contributed by atoms with van der Waals surface area (Å²) in [6.07, 6.45) is 10.4. The lowest BCUT2D eigenvalue weighted by atomic mass is 9.47. The van der Waals surface area contributed by atoms with Crippen LogP contribution in [0.2, 0.25) is 0 Å². The van der Waals surface area contributed by atoms with Crippen LogP contribution in [0.1, 0.15) is 82.4 Å². The molecule has 3 fully saturated rings. The number of rotatable bonds is 2. The molecule has 7 atom stereocenters. The molecule has 3 saturated carbocycles. The van der Waals surface area contributed by atoms with Gasteiger partial charge in [0.05, 0.1) is 6.10 Å². The van der Waals surface area contributed by atoms with E-state index >= 15 is 0 Å². The average Bonchev–Trinajstić information content (AvgIpc) is 3.21. The summed E-state index contributed by atoms with van der Waals surface area (Å²) in [5.74, 6) is 0.718. The molecule has 0 spiro atoms. The second-order valence-electron chi connectivity index (χ2n) is 12.4. The minimum Gasteiger partial charge on any atom is -0.393 e. The van der Waals surface area contributed by atoms with Gasteiger partial charge in [0.25, 0.3) is 0 Å². The molecule has 6 heteroatoms. The largest absolute Gasteiger partial charge is 0.393 e. The number of aliphatic hydroxyl groups excluding tert-OH is 1. The van der Waals surface area contributed by atoms with E-state index in [9.17, 15) is 19.1 Å². The molecule has 37 heavy (non-hydrogen) atoms. The first kappa shape index (κ1) is 24.6. The highest BCUT2D eigenvalue weighted by Gasteiger charge is 2.59. The number of hydrogen-bond donors (Lipinski definition) is 2. The number of hydrogen-bond acceptors (Lipinski definition) is 4. The number of nitrogens with zero attached hydrogens (tertiary/aromatic N) is 2. The van der Waals surface area contributed by atoms with E-state index in [1.807, 2.05) is 6.07 Å². The van der Waals surface area contributed by atoms with Crippen molar-refractivity contribution in [1.29, 1.82) is 5.26 Å². The number of pyridine rings is 1. The number of nitrogen functional groups attached to an aromatic ring is 1. The van der Waals surface area contributed by atoms with Gasteiger partial charge in [-0.3, -0.25) is 0 Å². The van der Waals surface area contributed by atoms with Crippen LogP contribution < -0.4 is 5.73 Å². The zero-order valence-electron chi connectivity index (χ0n) is 21.6. The molecule has 4 aliphatic carbocycles. The molecule has 1 heterocycles. The van der Waals surface area contributed by atoms with Crippen LogP contribution in [0.4, 0.5) is 14.6 Å². The van der Waals surface area contributed by atoms with Gasteiger partial charge in [-0.1, -0.05) is 25.5 Å². The minimum atomic E-state index is -0.709. The summed E-state index contributed by atoms with van der Waals surface area (Å²) in [7, 11) is 0. The first-order valence-corrected chi connectivity index (χ1v) is 13.7. The monoisotopic (exact) mass is 503 g/mol. The number of aromatic nitrogens is 1. The molecule has 0 aliphatic heterocycles. The maximum absolute atomic E-state index is 14.8. The maximum atomic E-state index is 14.8. The third kappa shape index (κ3) is 3.65. The normalized spacial score (nSPS) is 36.6. The summed E-state index contributed by atoms with van der Waals surface area (Å²) < 4.78 is 28.4. The van der Waals surface area contributed by atoms with Crippen LogP contribution in [0.5, 0.6) is 0 Å². The Hall–Kier alpha value is -2.78. The Labute approximate surface area is 217 Å². The van der Waals surface area contributed by atoms with Crippen molar-refractivity contribution in [3.63, 3.8) is 0 Å². The molecule has 0 amide bonds. The van der Waals surface area contributed by atoms with Gasteiger partial charge in [0.1, 0.15) is 29.1 Å². The molecular weight excluding hydrogens is 468 g/mol. The predicted molar refractivity (Wildman–Crippen MR) is 139 cm³/mol. The van der Waals surface area contributed by atoms with Crippen molar-refractivity contribution < 1.29 is 13.9 Å². The fourth-order valence-electron chi connectivity index (χ4n) is 8.93. The van der Waals surface area contributed by atoms with Crippen LogP contribution in [0.25, 0.3) is 11.1 Å². The van der Waals surface area contributed by atoms with E-state index in [2.05, 4.69) is 26.0 Å². The van der Waals surface area contributed by atoms with Gasteiger partial charge in [0, 0.05) is 28.8 Å².